The van der Waals surface area contributed by atoms with Crippen LogP contribution in [0.5, 0.6) is 0 Å². The van der Waals surface area contributed by atoms with Gasteiger partial charge in [-0.1, -0.05) is 0 Å². The monoisotopic (exact) mass is 119 g/mol. The molecule has 1 nitrogen and oxygen atoms in total. The Morgan fingerprint density at radius 3 is 2.33 bits per heavy atom. The molecule has 0 aromatic rings. The number of hydrogen-bond donors (Lipinski definition) is 1. The van der Waals surface area contributed by atoms with Crippen molar-refractivity contribution in [2.45, 2.75) is 19.4 Å². The van der Waals surface area contributed by atoms with Crippen LogP contribution in [-0.2, 0) is 0 Å². The van der Waals surface area contributed by atoms with E-state index in [2.05, 4.69) is 13.8 Å². The molecule has 0 radical (unpaired) electrons. The van der Waals surface area contributed by atoms with Gasteiger partial charge in [0.25, 0.3) is 0 Å². The van der Waals surface area contributed by atoms with E-state index in [4.69, 9.17) is 5.11 Å². The van der Waals surface area contributed by atoms with Crippen LogP contribution in [0.4, 0.5) is 0 Å². The topological polar surface area (TPSA) is 20.2 Å². The molecule has 0 unspecified atom stereocenters. The van der Waals surface area contributed by atoms with Crippen LogP contribution in [0.1, 0.15) is 13.3 Å². The minimum absolute atomic E-state index is 0. The van der Waals surface area contributed by atoms with E-state index in [1.54, 1.807) is 6.92 Å². The van der Waals surface area contributed by atoms with Crippen LogP contribution in [0.15, 0.2) is 11.6 Å². The Morgan fingerprint density at radius 2 is 2.22 bits per heavy atom. The number of hydrogen-bond acceptors (Lipinski definition) is 1. The molecule has 2 heteroatoms. The van der Waals surface area contributed by atoms with Gasteiger partial charge in [0, 0.05) is 6.10 Å². The van der Waals surface area contributed by atoms with Crippen molar-refractivity contribution < 1.29 is 24.0 Å². The maximum Gasteiger partial charge on any atom is 1.00 e. The fourth-order valence-electron chi connectivity index (χ4n) is 0.356. The van der Waals surface area contributed by atoms with Gasteiger partial charge in [-0.2, -0.15) is 5.57 Å². The third kappa shape index (κ3) is 6.05. The minimum atomic E-state index is -0.420. The van der Waals surface area contributed by atoms with Crippen LogP contribution in [0, 0.1) is 13.8 Å². The van der Waals surface area contributed by atoms with E-state index in [1.807, 2.05) is 6.08 Å². The predicted molar refractivity (Wildman–Crippen MR) is 35.1 cm³/mol. The molecule has 1 N–H and O–H groups in total. The SMILES string of the molecule is [CH2-]C/C=C(\[CH2-])[C@@H](C)O.[Li+]. The van der Waals surface area contributed by atoms with Crippen molar-refractivity contribution in [3.63, 3.8) is 0 Å². The van der Waals surface area contributed by atoms with Gasteiger partial charge in [0.05, 0.1) is 0 Å². The zero-order valence-corrected chi connectivity index (χ0v) is 6.22. The normalized spacial score (nSPS) is 14.3. The van der Waals surface area contributed by atoms with Gasteiger partial charge in [0.15, 0.2) is 0 Å². The average Bonchev–Trinajstić information content (AvgIpc) is 1.67. The first kappa shape index (κ1) is 11.9. The Bertz CT molecular complexity index is 86.9. The minimum Gasteiger partial charge on any atom is -0.392 e. The van der Waals surface area contributed by atoms with Gasteiger partial charge < -0.3 is 12.0 Å². The number of allylic oxidation sites excluding steroid dienone is 1. The molecule has 0 saturated heterocycles. The van der Waals surface area contributed by atoms with Crippen LogP contribution >= 0.6 is 0 Å². The number of aliphatic hydroxyl groups excluding tert-OH is 1. The Hall–Kier alpha value is 0.167. The number of aliphatic hydroxyl groups is 1. The molecular weight excluding hydrogens is 107 g/mol. The molecule has 0 fully saturated rings. The molecule has 0 spiro atoms. The Labute approximate surface area is 69.3 Å². The molecule has 0 aromatic carbocycles. The molecule has 0 aromatic heterocycles. The summed E-state index contributed by atoms with van der Waals surface area (Å²) in [6.07, 6.45) is 2.09. The Kier molecular flexibility index (Phi) is 8.32. The fraction of sp³-hybridized carbons (Fsp3) is 0.429. The zero-order valence-electron chi connectivity index (χ0n) is 6.22. The van der Waals surface area contributed by atoms with Crippen molar-refractivity contribution in [3.05, 3.63) is 25.5 Å². The molecular formula is C7H12LiO-. The van der Waals surface area contributed by atoms with Gasteiger partial charge in [0.1, 0.15) is 0 Å². The van der Waals surface area contributed by atoms with Crippen molar-refractivity contribution in [3.8, 4) is 0 Å². The van der Waals surface area contributed by atoms with Gasteiger partial charge in [-0.25, -0.2) is 13.3 Å². The largest absolute Gasteiger partial charge is 1.00 e. The molecule has 1 atom stereocenters. The molecule has 9 heavy (non-hydrogen) atoms. The summed E-state index contributed by atoms with van der Waals surface area (Å²) >= 11 is 0. The molecule has 0 aliphatic carbocycles. The van der Waals surface area contributed by atoms with E-state index in [0.717, 1.165) is 5.57 Å². The maximum atomic E-state index is 8.79. The molecule has 0 rings (SSSR count). The molecule has 0 aliphatic heterocycles. The Balaban J connectivity index is 0. The fourth-order valence-corrected chi connectivity index (χ4v) is 0.356. The van der Waals surface area contributed by atoms with Crippen molar-refractivity contribution in [2.75, 3.05) is 0 Å². The summed E-state index contributed by atoms with van der Waals surface area (Å²) in [6.45, 7) is 8.87. The van der Waals surface area contributed by atoms with Gasteiger partial charge >= 0.3 is 18.9 Å². The van der Waals surface area contributed by atoms with Gasteiger partial charge in [-0.3, -0.25) is 6.08 Å². The quantitative estimate of drug-likeness (QED) is 0.341. The molecule has 0 saturated carbocycles. The van der Waals surface area contributed by atoms with E-state index < -0.39 is 6.10 Å². The summed E-state index contributed by atoms with van der Waals surface area (Å²) in [4.78, 5) is 0. The molecule has 0 heterocycles. The van der Waals surface area contributed by atoms with Crippen molar-refractivity contribution in [2.24, 2.45) is 0 Å². The molecule has 0 bridgehead atoms. The first-order chi connectivity index (χ1) is 3.68. The summed E-state index contributed by atoms with van der Waals surface area (Å²) in [7, 11) is 0. The van der Waals surface area contributed by atoms with Crippen molar-refractivity contribution in [1.29, 1.82) is 0 Å². The van der Waals surface area contributed by atoms with Crippen molar-refractivity contribution >= 4 is 0 Å². The van der Waals surface area contributed by atoms with Gasteiger partial charge in [-0.05, 0) is 6.92 Å². The van der Waals surface area contributed by atoms with Gasteiger partial charge in [0.2, 0.25) is 0 Å². The second-order valence-corrected chi connectivity index (χ2v) is 1.74. The van der Waals surface area contributed by atoms with Crippen LogP contribution in [0.2, 0.25) is 0 Å². The summed E-state index contributed by atoms with van der Waals surface area (Å²) in [6, 6.07) is 0. The van der Waals surface area contributed by atoms with Gasteiger partial charge in [-0.15, -0.1) is 0 Å². The Morgan fingerprint density at radius 1 is 1.78 bits per heavy atom. The summed E-state index contributed by atoms with van der Waals surface area (Å²) in [5, 5.41) is 8.79. The number of rotatable bonds is 2. The molecule has 0 amide bonds. The smallest absolute Gasteiger partial charge is 0.392 e. The third-order valence-electron chi connectivity index (χ3n) is 0.943. The van der Waals surface area contributed by atoms with E-state index >= 15 is 0 Å². The molecule has 0 aliphatic rings. The van der Waals surface area contributed by atoms with E-state index in [9.17, 15) is 0 Å². The maximum absolute atomic E-state index is 8.79. The van der Waals surface area contributed by atoms with E-state index in [1.165, 1.54) is 0 Å². The summed E-state index contributed by atoms with van der Waals surface area (Å²) < 4.78 is 0. The van der Waals surface area contributed by atoms with E-state index in [0.29, 0.717) is 6.42 Å². The predicted octanol–water partition coefficient (Wildman–Crippen LogP) is -1.64. The summed E-state index contributed by atoms with van der Waals surface area (Å²) in [5.74, 6) is 0. The standard InChI is InChI=1S/C7H12O.Li/c1-4-5-6(2)7(3)8;/h5,7-8H,1-2,4H2,3H3;/q-2;+1/b6-5+;/t7-;/m1./s1. The van der Waals surface area contributed by atoms with E-state index in [-0.39, 0.29) is 18.9 Å². The second-order valence-electron chi connectivity index (χ2n) is 1.74. The van der Waals surface area contributed by atoms with Crippen molar-refractivity contribution in [1.82, 2.24) is 0 Å². The zero-order chi connectivity index (χ0) is 6.57. The first-order valence-corrected chi connectivity index (χ1v) is 2.67. The third-order valence-corrected chi connectivity index (χ3v) is 0.943. The average molecular weight is 119 g/mol. The summed E-state index contributed by atoms with van der Waals surface area (Å²) in [5.41, 5.74) is 0.750. The van der Waals surface area contributed by atoms with Crippen LogP contribution in [0.3, 0.4) is 0 Å². The van der Waals surface area contributed by atoms with Crippen LogP contribution < -0.4 is 18.9 Å². The second kappa shape index (κ2) is 6.29. The first-order valence-electron chi connectivity index (χ1n) is 2.67. The molecule has 48 valence electrons. The van der Waals surface area contributed by atoms with Crippen LogP contribution in [0.25, 0.3) is 0 Å². The van der Waals surface area contributed by atoms with Crippen LogP contribution in [-0.4, -0.2) is 11.2 Å².